The number of hydrogen-bond donors (Lipinski definition) is 0. The molecular weight excluding hydrogens is 427 g/mol. The summed E-state index contributed by atoms with van der Waals surface area (Å²) in [5.41, 5.74) is 0.224. The first-order valence-corrected chi connectivity index (χ1v) is 11.3. The van der Waals surface area contributed by atoms with Gasteiger partial charge < -0.3 is 9.64 Å². The van der Waals surface area contributed by atoms with E-state index < -0.39 is 22.4 Å². The van der Waals surface area contributed by atoms with E-state index in [9.17, 15) is 17.6 Å². The third-order valence-electron chi connectivity index (χ3n) is 4.43. The van der Waals surface area contributed by atoms with Gasteiger partial charge >= 0.3 is 0 Å². The van der Waals surface area contributed by atoms with Gasteiger partial charge in [0.1, 0.15) is 18.1 Å². The Kier molecular flexibility index (Phi) is 6.73. The van der Waals surface area contributed by atoms with Crippen LogP contribution in [0.4, 0.5) is 10.1 Å². The average molecular weight is 449 g/mol. The fourth-order valence-corrected chi connectivity index (χ4v) is 5.02. The van der Waals surface area contributed by atoms with Crippen molar-refractivity contribution in [1.82, 2.24) is 4.90 Å². The predicted octanol–water partition coefficient (Wildman–Crippen LogP) is 3.75. The van der Waals surface area contributed by atoms with Crippen molar-refractivity contribution in [3.05, 3.63) is 76.7 Å². The van der Waals surface area contributed by atoms with Crippen LogP contribution in [0.3, 0.4) is 0 Å². The average Bonchev–Trinajstić information content (AvgIpc) is 3.25. The number of methoxy groups -OCH3 is 1. The van der Waals surface area contributed by atoms with Crippen molar-refractivity contribution in [2.45, 2.75) is 11.4 Å². The Balaban J connectivity index is 1.97. The van der Waals surface area contributed by atoms with Crippen molar-refractivity contribution < 1.29 is 22.3 Å². The smallest absolute Gasteiger partial charge is 0.264 e. The molecule has 0 aliphatic rings. The van der Waals surface area contributed by atoms with Gasteiger partial charge in [0.25, 0.3) is 10.0 Å². The summed E-state index contributed by atoms with van der Waals surface area (Å²) in [5.74, 6) is -0.638. The fourth-order valence-electron chi connectivity index (χ4n) is 2.84. The van der Waals surface area contributed by atoms with Gasteiger partial charge in [-0.05, 0) is 47.8 Å². The molecule has 0 aliphatic carbocycles. The highest BCUT2D eigenvalue weighted by Crippen LogP contribution is 2.32. The number of benzene rings is 2. The van der Waals surface area contributed by atoms with Crippen LogP contribution >= 0.6 is 11.3 Å². The minimum absolute atomic E-state index is 0.122. The number of carbonyl (C=O) groups is 1. The number of rotatable bonds is 8. The molecule has 0 saturated carbocycles. The van der Waals surface area contributed by atoms with Gasteiger partial charge in [0.15, 0.2) is 0 Å². The van der Waals surface area contributed by atoms with Gasteiger partial charge in [0.05, 0.1) is 24.2 Å². The van der Waals surface area contributed by atoms with E-state index in [0.29, 0.717) is 12.3 Å². The maximum absolute atomic E-state index is 13.4. The fraction of sp³-hybridized carbons (Fsp3) is 0.190. The molecule has 9 heteroatoms. The summed E-state index contributed by atoms with van der Waals surface area (Å²) < 4.78 is 46.4. The highest BCUT2D eigenvalue weighted by molar-refractivity contribution is 7.92. The van der Waals surface area contributed by atoms with Crippen LogP contribution in [0.5, 0.6) is 5.75 Å². The molecule has 6 nitrogen and oxygen atoms in total. The number of likely N-dealkylation sites (N-methyl/N-ethyl adjacent to an activating group) is 1. The van der Waals surface area contributed by atoms with E-state index in [1.807, 2.05) is 17.5 Å². The summed E-state index contributed by atoms with van der Waals surface area (Å²) in [6, 6.07) is 14.8. The van der Waals surface area contributed by atoms with Crippen molar-refractivity contribution in [3.8, 4) is 5.75 Å². The summed E-state index contributed by atoms with van der Waals surface area (Å²) in [7, 11) is -1.11. The van der Waals surface area contributed by atoms with Gasteiger partial charge in [-0.2, -0.15) is 0 Å². The molecular formula is C21H21FN2O4S2. The number of sulfonamides is 1. The molecule has 0 spiro atoms. The molecule has 0 saturated heterocycles. The first-order valence-electron chi connectivity index (χ1n) is 9.00. The number of carbonyl (C=O) groups excluding carboxylic acids is 1. The van der Waals surface area contributed by atoms with Gasteiger partial charge in [0, 0.05) is 11.9 Å². The van der Waals surface area contributed by atoms with Crippen LogP contribution < -0.4 is 9.04 Å². The number of thiophene rings is 1. The Bertz CT molecular complexity index is 1100. The maximum Gasteiger partial charge on any atom is 0.264 e. The molecule has 1 amide bonds. The molecule has 3 rings (SSSR count). The number of hydrogen-bond acceptors (Lipinski definition) is 5. The Morgan fingerprint density at radius 3 is 2.40 bits per heavy atom. The third kappa shape index (κ3) is 4.80. The van der Waals surface area contributed by atoms with Crippen LogP contribution in [0.15, 0.2) is 70.9 Å². The van der Waals surface area contributed by atoms with Crippen molar-refractivity contribution in [2.24, 2.45) is 0 Å². The van der Waals surface area contributed by atoms with Gasteiger partial charge in [-0.25, -0.2) is 12.8 Å². The number of anilines is 1. The lowest BCUT2D eigenvalue weighted by molar-refractivity contribution is -0.128. The Morgan fingerprint density at radius 2 is 1.77 bits per heavy atom. The van der Waals surface area contributed by atoms with Crippen molar-refractivity contribution >= 4 is 33.0 Å². The second-order valence-corrected chi connectivity index (χ2v) is 9.36. The van der Waals surface area contributed by atoms with Crippen LogP contribution in [0.25, 0.3) is 0 Å². The minimum atomic E-state index is -4.15. The molecule has 3 aromatic rings. The number of halogens is 1. The highest BCUT2D eigenvalue weighted by atomic mass is 32.2. The van der Waals surface area contributed by atoms with Crippen LogP contribution in [-0.2, 0) is 21.4 Å². The molecule has 0 radical (unpaired) electrons. The van der Waals surface area contributed by atoms with E-state index in [2.05, 4.69) is 0 Å². The number of nitrogens with zero attached hydrogens (tertiary/aromatic N) is 2. The minimum Gasteiger partial charge on any atom is -0.495 e. The molecule has 0 N–H and O–H groups in total. The van der Waals surface area contributed by atoms with E-state index in [-0.39, 0.29) is 16.5 Å². The molecule has 0 bridgehead atoms. The molecule has 0 unspecified atom stereocenters. The van der Waals surface area contributed by atoms with Gasteiger partial charge in [-0.15, -0.1) is 11.3 Å². The monoisotopic (exact) mass is 448 g/mol. The Morgan fingerprint density at radius 1 is 1.07 bits per heavy atom. The van der Waals surface area contributed by atoms with Crippen LogP contribution in [0, 0.1) is 5.82 Å². The molecule has 1 heterocycles. The molecule has 1 aromatic heterocycles. The van der Waals surface area contributed by atoms with E-state index in [1.54, 1.807) is 31.3 Å². The third-order valence-corrected chi connectivity index (χ3v) is 7.07. The van der Waals surface area contributed by atoms with Gasteiger partial charge in [-0.1, -0.05) is 18.2 Å². The zero-order valence-electron chi connectivity index (χ0n) is 16.5. The van der Waals surface area contributed by atoms with Crippen molar-refractivity contribution in [1.29, 1.82) is 0 Å². The molecule has 0 atom stereocenters. The predicted molar refractivity (Wildman–Crippen MR) is 115 cm³/mol. The van der Waals surface area contributed by atoms with Gasteiger partial charge in [0.2, 0.25) is 5.91 Å². The molecule has 2 aromatic carbocycles. The lowest BCUT2D eigenvalue weighted by Gasteiger charge is -2.27. The molecule has 158 valence electrons. The summed E-state index contributed by atoms with van der Waals surface area (Å²) in [5, 5.41) is 1.91. The Hall–Kier alpha value is -2.91. The summed E-state index contributed by atoms with van der Waals surface area (Å²) in [6.45, 7) is -0.0607. The number of amides is 1. The summed E-state index contributed by atoms with van der Waals surface area (Å²) in [6.07, 6.45) is 0. The zero-order valence-corrected chi connectivity index (χ0v) is 18.1. The summed E-state index contributed by atoms with van der Waals surface area (Å²) in [4.78, 5) is 15.2. The molecule has 30 heavy (non-hydrogen) atoms. The highest BCUT2D eigenvalue weighted by Gasteiger charge is 2.30. The van der Waals surface area contributed by atoms with Gasteiger partial charge in [-0.3, -0.25) is 9.10 Å². The number of ether oxygens (including phenoxy) is 1. The van der Waals surface area contributed by atoms with E-state index in [1.165, 1.54) is 35.5 Å². The Labute approximate surface area is 179 Å². The second kappa shape index (κ2) is 9.27. The van der Waals surface area contributed by atoms with Crippen LogP contribution in [-0.4, -0.2) is 39.9 Å². The SMILES string of the molecule is COc1ccccc1N(CC(=O)N(C)Cc1cccs1)S(=O)(=O)c1ccc(F)cc1. The van der Waals surface area contributed by atoms with Crippen molar-refractivity contribution in [3.63, 3.8) is 0 Å². The molecule has 0 fully saturated rings. The standard InChI is InChI=1S/C21H21FN2O4S2/c1-23(14-17-6-5-13-29-17)21(25)15-24(19-7-3-4-8-20(19)28-2)30(26,27)18-11-9-16(22)10-12-18/h3-13H,14-15H2,1-2H3. The van der Waals surface area contributed by atoms with Crippen LogP contribution in [0.1, 0.15) is 4.88 Å². The molecule has 0 aliphatic heterocycles. The lowest BCUT2D eigenvalue weighted by Crippen LogP contribution is -2.41. The van der Waals surface area contributed by atoms with E-state index >= 15 is 0 Å². The quantitative estimate of drug-likeness (QED) is 0.526. The summed E-state index contributed by atoms with van der Waals surface area (Å²) >= 11 is 1.51. The normalized spacial score (nSPS) is 11.2. The van der Waals surface area contributed by atoms with E-state index in [4.69, 9.17) is 4.74 Å². The van der Waals surface area contributed by atoms with Crippen LogP contribution in [0.2, 0.25) is 0 Å². The van der Waals surface area contributed by atoms with E-state index in [0.717, 1.165) is 21.3 Å². The second-order valence-electron chi connectivity index (χ2n) is 6.47. The number of para-hydroxylation sites is 2. The van der Waals surface area contributed by atoms with Crippen molar-refractivity contribution in [2.75, 3.05) is 25.0 Å². The first-order chi connectivity index (χ1) is 14.3. The zero-order chi connectivity index (χ0) is 21.7. The lowest BCUT2D eigenvalue weighted by atomic mass is 10.3. The maximum atomic E-state index is 13.4. The topological polar surface area (TPSA) is 66.9 Å². The first kappa shape index (κ1) is 21.8. The largest absolute Gasteiger partial charge is 0.495 e.